The summed E-state index contributed by atoms with van der Waals surface area (Å²) in [4.78, 5) is 10.2. The number of aromatic hydroxyl groups is 1. The van der Waals surface area contributed by atoms with E-state index in [0.29, 0.717) is 24.6 Å². The summed E-state index contributed by atoms with van der Waals surface area (Å²) in [5.41, 5.74) is 1.58. The molecule has 0 spiro atoms. The zero-order chi connectivity index (χ0) is 16.5. The molecule has 0 fully saturated rings. The standard InChI is InChI=1S/C17H16N2O4/c1-2-22-17-9-14(5-8-16(17)21)11-19-18-10-13-3-6-15(7-4-13)23-12-20/h3-12,21H,2H2,1H3/b18-10+,19-11+. The van der Waals surface area contributed by atoms with Crippen LogP contribution in [0.2, 0.25) is 0 Å². The summed E-state index contributed by atoms with van der Waals surface area (Å²) in [7, 11) is 0. The third-order valence-corrected chi connectivity index (χ3v) is 2.83. The normalized spacial score (nSPS) is 11.0. The van der Waals surface area contributed by atoms with Crippen LogP contribution in [0.15, 0.2) is 52.7 Å². The molecule has 0 saturated carbocycles. The van der Waals surface area contributed by atoms with Gasteiger partial charge in [-0.2, -0.15) is 10.2 Å². The summed E-state index contributed by atoms with van der Waals surface area (Å²) in [6.07, 6.45) is 3.13. The van der Waals surface area contributed by atoms with Crippen molar-refractivity contribution in [1.82, 2.24) is 0 Å². The molecule has 0 bridgehead atoms. The third-order valence-electron chi connectivity index (χ3n) is 2.83. The van der Waals surface area contributed by atoms with E-state index in [1.165, 1.54) is 0 Å². The lowest BCUT2D eigenvalue weighted by Gasteiger charge is -2.05. The van der Waals surface area contributed by atoms with Gasteiger partial charge in [-0.3, -0.25) is 4.79 Å². The second-order valence-electron chi connectivity index (χ2n) is 4.43. The molecule has 0 heterocycles. The van der Waals surface area contributed by atoms with Crippen molar-refractivity contribution >= 4 is 18.9 Å². The average Bonchev–Trinajstić information content (AvgIpc) is 2.56. The second kappa shape index (κ2) is 8.33. The first-order valence-corrected chi connectivity index (χ1v) is 6.95. The highest BCUT2D eigenvalue weighted by molar-refractivity contribution is 5.83. The molecule has 0 atom stereocenters. The van der Waals surface area contributed by atoms with E-state index >= 15 is 0 Å². The topological polar surface area (TPSA) is 80.5 Å². The van der Waals surface area contributed by atoms with Crippen LogP contribution in [-0.2, 0) is 4.79 Å². The molecule has 0 aromatic heterocycles. The monoisotopic (exact) mass is 312 g/mol. The van der Waals surface area contributed by atoms with E-state index in [1.54, 1.807) is 54.9 Å². The summed E-state index contributed by atoms with van der Waals surface area (Å²) in [5.74, 6) is 0.963. The average molecular weight is 312 g/mol. The first-order chi connectivity index (χ1) is 11.2. The van der Waals surface area contributed by atoms with Crippen LogP contribution in [0.25, 0.3) is 0 Å². The number of rotatable bonds is 7. The van der Waals surface area contributed by atoms with E-state index in [4.69, 9.17) is 9.47 Å². The number of hydrogen-bond donors (Lipinski definition) is 1. The molecule has 0 amide bonds. The Morgan fingerprint density at radius 1 is 1.04 bits per heavy atom. The lowest BCUT2D eigenvalue weighted by Crippen LogP contribution is -1.93. The van der Waals surface area contributed by atoms with E-state index in [-0.39, 0.29) is 5.75 Å². The van der Waals surface area contributed by atoms with Gasteiger partial charge < -0.3 is 14.6 Å². The Labute approximate surface area is 133 Å². The van der Waals surface area contributed by atoms with Crippen molar-refractivity contribution in [2.24, 2.45) is 10.2 Å². The van der Waals surface area contributed by atoms with Crippen LogP contribution < -0.4 is 9.47 Å². The van der Waals surface area contributed by atoms with Gasteiger partial charge in [-0.25, -0.2) is 0 Å². The number of phenols is 1. The Morgan fingerprint density at radius 2 is 1.70 bits per heavy atom. The molecule has 6 heteroatoms. The van der Waals surface area contributed by atoms with E-state index in [1.807, 2.05) is 6.92 Å². The Morgan fingerprint density at radius 3 is 2.35 bits per heavy atom. The smallest absolute Gasteiger partial charge is 0.298 e. The molecule has 0 aliphatic rings. The summed E-state index contributed by atoms with van der Waals surface area (Å²) < 4.78 is 10.00. The maximum Gasteiger partial charge on any atom is 0.298 e. The van der Waals surface area contributed by atoms with Crippen molar-refractivity contribution in [2.45, 2.75) is 6.92 Å². The molecule has 2 aromatic rings. The number of benzene rings is 2. The second-order valence-corrected chi connectivity index (χ2v) is 4.43. The molecule has 118 valence electrons. The number of nitrogens with zero attached hydrogens (tertiary/aromatic N) is 2. The van der Waals surface area contributed by atoms with Gasteiger partial charge in [0.1, 0.15) is 5.75 Å². The van der Waals surface area contributed by atoms with Gasteiger partial charge >= 0.3 is 0 Å². The van der Waals surface area contributed by atoms with E-state index in [0.717, 1.165) is 11.1 Å². The summed E-state index contributed by atoms with van der Waals surface area (Å²) in [6, 6.07) is 11.8. The number of hydrogen-bond acceptors (Lipinski definition) is 6. The van der Waals surface area contributed by atoms with Crippen molar-refractivity contribution in [3.05, 3.63) is 53.6 Å². The molecule has 0 radical (unpaired) electrons. The van der Waals surface area contributed by atoms with Crippen LogP contribution in [0.4, 0.5) is 0 Å². The Balaban J connectivity index is 2.00. The highest BCUT2D eigenvalue weighted by Crippen LogP contribution is 2.26. The molecule has 2 rings (SSSR count). The van der Waals surface area contributed by atoms with Crippen LogP contribution in [0.3, 0.4) is 0 Å². The van der Waals surface area contributed by atoms with Gasteiger partial charge in [-0.05, 0) is 60.5 Å². The molecule has 0 aliphatic heterocycles. The van der Waals surface area contributed by atoms with E-state index in [9.17, 15) is 9.90 Å². The molecule has 1 N–H and O–H groups in total. The Bertz CT molecular complexity index is 709. The molecular weight excluding hydrogens is 296 g/mol. The molecule has 2 aromatic carbocycles. The summed E-state index contributed by atoms with van der Waals surface area (Å²) in [5, 5.41) is 17.5. The first kappa shape index (κ1) is 16.2. The van der Waals surface area contributed by atoms with Crippen molar-refractivity contribution < 1.29 is 19.4 Å². The van der Waals surface area contributed by atoms with Gasteiger partial charge in [0.05, 0.1) is 19.0 Å². The molecular formula is C17H16N2O4. The Kier molecular flexibility index (Phi) is 5.88. The maximum absolute atomic E-state index is 10.2. The van der Waals surface area contributed by atoms with Crippen LogP contribution in [0.1, 0.15) is 18.1 Å². The predicted octanol–water partition coefficient (Wildman–Crippen LogP) is 2.78. The maximum atomic E-state index is 10.2. The third kappa shape index (κ3) is 4.96. The zero-order valence-electron chi connectivity index (χ0n) is 12.5. The number of ether oxygens (including phenoxy) is 2. The fraction of sp³-hybridized carbons (Fsp3) is 0.118. The van der Waals surface area contributed by atoms with Gasteiger partial charge in [0.25, 0.3) is 6.47 Å². The molecule has 23 heavy (non-hydrogen) atoms. The largest absolute Gasteiger partial charge is 0.504 e. The molecule has 0 unspecified atom stereocenters. The lowest BCUT2D eigenvalue weighted by molar-refractivity contribution is -0.120. The highest BCUT2D eigenvalue weighted by Gasteiger charge is 2.01. The van der Waals surface area contributed by atoms with Crippen LogP contribution in [0, 0.1) is 0 Å². The van der Waals surface area contributed by atoms with Gasteiger partial charge in [-0.1, -0.05) is 0 Å². The summed E-state index contributed by atoms with van der Waals surface area (Å²) in [6.45, 7) is 2.69. The van der Waals surface area contributed by atoms with Crippen molar-refractivity contribution in [1.29, 1.82) is 0 Å². The van der Waals surface area contributed by atoms with Crippen molar-refractivity contribution in [3.8, 4) is 17.2 Å². The fourth-order valence-electron chi connectivity index (χ4n) is 1.77. The SMILES string of the molecule is CCOc1cc(/C=N/N=C/c2ccc(OC=O)cc2)ccc1O. The lowest BCUT2D eigenvalue weighted by atomic mass is 10.2. The highest BCUT2D eigenvalue weighted by atomic mass is 16.5. The molecule has 0 aliphatic carbocycles. The van der Waals surface area contributed by atoms with E-state index < -0.39 is 0 Å². The van der Waals surface area contributed by atoms with Crippen molar-refractivity contribution in [2.75, 3.05) is 6.61 Å². The minimum absolute atomic E-state index is 0.0881. The van der Waals surface area contributed by atoms with Crippen LogP contribution in [0.5, 0.6) is 17.2 Å². The fourth-order valence-corrected chi connectivity index (χ4v) is 1.77. The van der Waals surface area contributed by atoms with Crippen molar-refractivity contribution in [3.63, 3.8) is 0 Å². The predicted molar refractivity (Wildman–Crippen MR) is 87.6 cm³/mol. The quantitative estimate of drug-likeness (QED) is 0.484. The van der Waals surface area contributed by atoms with Gasteiger partial charge in [0.2, 0.25) is 0 Å². The Hall–Kier alpha value is -3.15. The van der Waals surface area contributed by atoms with Gasteiger partial charge in [0, 0.05) is 0 Å². The number of phenolic OH excluding ortho intramolecular Hbond substituents is 1. The minimum Gasteiger partial charge on any atom is -0.504 e. The van der Waals surface area contributed by atoms with Gasteiger partial charge in [0.15, 0.2) is 11.5 Å². The van der Waals surface area contributed by atoms with Gasteiger partial charge in [-0.15, -0.1) is 0 Å². The minimum atomic E-state index is 0.0881. The van der Waals surface area contributed by atoms with Crippen LogP contribution in [-0.4, -0.2) is 30.6 Å². The summed E-state index contributed by atoms with van der Waals surface area (Å²) >= 11 is 0. The molecule has 0 saturated heterocycles. The zero-order valence-corrected chi connectivity index (χ0v) is 12.5. The first-order valence-electron chi connectivity index (χ1n) is 6.95. The number of carbonyl (C=O) groups is 1. The van der Waals surface area contributed by atoms with E-state index in [2.05, 4.69) is 10.2 Å². The number of carbonyl (C=O) groups excluding carboxylic acids is 1. The molecule has 6 nitrogen and oxygen atoms in total. The van der Waals surface area contributed by atoms with Crippen LogP contribution >= 0.6 is 0 Å².